The van der Waals surface area contributed by atoms with Crippen molar-refractivity contribution >= 4 is 16.7 Å². The highest BCUT2D eigenvalue weighted by molar-refractivity contribution is 5.98. The van der Waals surface area contributed by atoms with E-state index in [2.05, 4.69) is 49.3 Å². The highest BCUT2D eigenvalue weighted by atomic mass is 16.5. The van der Waals surface area contributed by atoms with Crippen molar-refractivity contribution in [1.82, 2.24) is 29.4 Å². The van der Waals surface area contributed by atoms with Crippen LogP contribution in [0.15, 0.2) is 49.1 Å². The van der Waals surface area contributed by atoms with Crippen molar-refractivity contribution in [2.24, 2.45) is 0 Å². The Morgan fingerprint density at radius 1 is 1.00 bits per heavy atom. The number of ether oxygens (including phenoxy) is 1. The fourth-order valence-electron chi connectivity index (χ4n) is 5.55. The van der Waals surface area contributed by atoms with Gasteiger partial charge in [0.2, 0.25) is 5.88 Å². The summed E-state index contributed by atoms with van der Waals surface area (Å²) in [5, 5.41) is 0.971. The fourth-order valence-corrected chi connectivity index (χ4v) is 5.55. The average molecular weight is 511 g/mol. The van der Waals surface area contributed by atoms with Gasteiger partial charge in [0.1, 0.15) is 11.9 Å². The van der Waals surface area contributed by atoms with E-state index in [0.717, 1.165) is 72.6 Å². The number of aryl methyl sites for hydroxylation is 1. The zero-order valence-electron chi connectivity index (χ0n) is 22.1. The first-order chi connectivity index (χ1) is 18.5. The molecule has 6 rings (SSSR count). The second-order valence-electron chi connectivity index (χ2n) is 10.7. The molecule has 0 spiro atoms. The molecular weight excluding hydrogens is 476 g/mol. The first kappa shape index (κ1) is 24.7. The second-order valence-corrected chi connectivity index (χ2v) is 10.7. The van der Waals surface area contributed by atoms with Gasteiger partial charge in [-0.05, 0) is 57.7 Å². The molecule has 0 saturated carbocycles. The summed E-state index contributed by atoms with van der Waals surface area (Å²) in [5.74, 6) is 1.66. The number of fused-ring (bicyclic) bond motifs is 2. The van der Waals surface area contributed by atoms with Crippen molar-refractivity contribution < 1.29 is 9.53 Å². The van der Waals surface area contributed by atoms with E-state index in [-0.39, 0.29) is 18.3 Å². The maximum atomic E-state index is 13.2. The quantitative estimate of drug-likeness (QED) is 0.327. The van der Waals surface area contributed by atoms with Gasteiger partial charge in [0.05, 0.1) is 30.0 Å². The van der Waals surface area contributed by atoms with Crippen LogP contribution in [0, 0.1) is 0 Å². The van der Waals surface area contributed by atoms with E-state index in [1.54, 1.807) is 24.5 Å². The summed E-state index contributed by atoms with van der Waals surface area (Å²) in [6, 6.07) is 8.16. The molecule has 1 saturated heterocycles. The van der Waals surface area contributed by atoms with Crippen molar-refractivity contribution in [1.29, 1.82) is 0 Å². The molecule has 4 aromatic heterocycles. The summed E-state index contributed by atoms with van der Waals surface area (Å²) in [7, 11) is 0. The van der Waals surface area contributed by atoms with Crippen molar-refractivity contribution in [3.05, 3.63) is 66.1 Å². The summed E-state index contributed by atoms with van der Waals surface area (Å²) in [4.78, 5) is 33.8. The van der Waals surface area contributed by atoms with Crippen LogP contribution in [-0.2, 0) is 19.4 Å². The molecule has 38 heavy (non-hydrogen) atoms. The molecule has 4 aromatic rings. The lowest BCUT2D eigenvalue weighted by Crippen LogP contribution is -2.41. The van der Waals surface area contributed by atoms with Crippen LogP contribution in [-0.4, -0.2) is 60.4 Å². The van der Waals surface area contributed by atoms with E-state index in [1.165, 1.54) is 12.8 Å². The number of rotatable bonds is 7. The van der Waals surface area contributed by atoms with Crippen LogP contribution in [0.25, 0.3) is 22.2 Å². The van der Waals surface area contributed by atoms with Crippen LogP contribution in [0.3, 0.4) is 0 Å². The van der Waals surface area contributed by atoms with E-state index in [9.17, 15) is 4.79 Å². The van der Waals surface area contributed by atoms with Crippen molar-refractivity contribution in [2.75, 3.05) is 13.1 Å². The lowest BCUT2D eigenvalue weighted by Gasteiger charge is -2.34. The molecule has 8 nitrogen and oxygen atoms in total. The van der Waals surface area contributed by atoms with Gasteiger partial charge in [-0.25, -0.2) is 9.97 Å². The zero-order valence-corrected chi connectivity index (χ0v) is 22.1. The van der Waals surface area contributed by atoms with Crippen molar-refractivity contribution in [3.8, 4) is 17.1 Å². The van der Waals surface area contributed by atoms with Crippen LogP contribution in [0.2, 0.25) is 0 Å². The zero-order chi connectivity index (χ0) is 26.1. The maximum Gasteiger partial charge on any atom is 0.214 e. The average Bonchev–Trinajstić information content (AvgIpc) is 3.37. The Morgan fingerprint density at radius 3 is 2.71 bits per heavy atom. The minimum Gasteiger partial charge on any atom is -0.474 e. The molecule has 2 aliphatic rings. The number of piperidine rings is 1. The van der Waals surface area contributed by atoms with E-state index < -0.39 is 0 Å². The van der Waals surface area contributed by atoms with Crippen molar-refractivity contribution in [3.63, 3.8) is 0 Å². The summed E-state index contributed by atoms with van der Waals surface area (Å²) in [6.45, 7) is 7.49. The Hall–Kier alpha value is -3.65. The van der Waals surface area contributed by atoms with Gasteiger partial charge in [-0.15, -0.1) is 0 Å². The Morgan fingerprint density at radius 2 is 1.87 bits per heavy atom. The minimum atomic E-state index is -0.00676. The van der Waals surface area contributed by atoms with E-state index >= 15 is 0 Å². The number of nitrogens with zero attached hydrogens (tertiary/aromatic N) is 6. The molecule has 0 atom stereocenters. The minimum absolute atomic E-state index is 0.00676. The summed E-state index contributed by atoms with van der Waals surface area (Å²) >= 11 is 0. The van der Waals surface area contributed by atoms with E-state index in [1.807, 2.05) is 18.5 Å². The van der Waals surface area contributed by atoms with Gasteiger partial charge >= 0.3 is 0 Å². The third-order valence-electron chi connectivity index (χ3n) is 7.78. The molecule has 0 bridgehead atoms. The van der Waals surface area contributed by atoms with Gasteiger partial charge < -0.3 is 14.2 Å². The highest BCUT2D eigenvalue weighted by Crippen LogP contribution is 2.27. The number of carbonyl (C=O) groups is 1. The van der Waals surface area contributed by atoms with Gasteiger partial charge in [-0.1, -0.05) is 0 Å². The number of aromatic nitrogens is 5. The molecular formula is C30H34N6O2. The molecule has 0 unspecified atom stereocenters. The summed E-state index contributed by atoms with van der Waals surface area (Å²) < 4.78 is 8.45. The third kappa shape index (κ3) is 5.18. The Balaban J connectivity index is 1.16. The Kier molecular flexibility index (Phi) is 6.89. The number of Topliss-reactive ketones (excluding diaryl/α,β-unsaturated/α-hetero) is 1. The lowest BCUT2D eigenvalue weighted by atomic mass is 10.1. The number of carbonyl (C=O) groups excluding carboxylic acids is 1. The number of hydrogen-bond donors (Lipinski definition) is 0. The van der Waals surface area contributed by atoms with Crippen LogP contribution >= 0.6 is 0 Å². The fraction of sp³-hybridized carbons (Fsp3) is 0.433. The van der Waals surface area contributed by atoms with Crippen LogP contribution in [0.4, 0.5) is 0 Å². The SMILES string of the molecule is CC(C)N1CCC(Oc2cc(C(=O)Cc3cc4cc(-c5cnc6n5CCCC6)cnc4cn3)ccn2)CC1. The van der Waals surface area contributed by atoms with Crippen LogP contribution < -0.4 is 4.74 Å². The smallest absolute Gasteiger partial charge is 0.214 e. The molecule has 8 heteroatoms. The Bertz CT molecular complexity index is 1450. The maximum absolute atomic E-state index is 13.2. The number of likely N-dealkylation sites (tertiary alicyclic amines) is 1. The van der Waals surface area contributed by atoms with E-state index in [4.69, 9.17) is 4.74 Å². The molecule has 0 aliphatic carbocycles. The van der Waals surface area contributed by atoms with Gasteiger partial charge in [0.15, 0.2) is 5.78 Å². The normalized spacial score (nSPS) is 16.6. The summed E-state index contributed by atoms with van der Waals surface area (Å²) in [6.07, 6.45) is 12.9. The molecule has 1 fully saturated rings. The molecule has 0 amide bonds. The third-order valence-corrected chi connectivity index (χ3v) is 7.78. The monoisotopic (exact) mass is 510 g/mol. The van der Waals surface area contributed by atoms with E-state index in [0.29, 0.717) is 17.5 Å². The van der Waals surface area contributed by atoms with Crippen LogP contribution in [0.1, 0.15) is 61.4 Å². The lowest BCUT2D eigenvalue weighted by molar-refractivity contribution is 0.0809. The Labute approximate surface area is 223 Å². The summed E-state index contributed by atoms with van der Waals surface area (Å²) in [5.41, 5.74) is 4.26. The van der Waals surface area contributed by atoms with Gasteiger partial charge in [-0.2, -0.15) is 0 Å². The number of pyridine rings is 3. The number of imidazole rings is 1. The van der Waals surface area contributed by atoms with Gasteiger partial charge in [-0.3, -0.25) is 14.8 Å². The standard InChI is InChI=1S/C30H34N6O2/c1-20(2)35-11-7-25(8-12-35)38-30-15-21(6-9-31-30)28(37)16-24-14-22-13-23(17-33-26(22)18-32-24)27-19-34-29-5-3-4-10-36(27)29/h6,9,13-15,17-20,25H,3-5,7-8,10-12,16H2,1-2H3. The molecule has 0 radical (unpaired) electrons. The predicted octanol–water partition coefficient (Wildman–Crippen LogP) is 4.90. The van der Waals surface area contributed by atoms with Crippen molar-refractivity contribution in [2.45, 2.75) is 71.1 Å². The number of hydrogen-bond acceptors (Lipinski definition) is 7. The molecule has 0 N–H and O–H groups in total. The molecule has 6 heterocycles. The molecule has 2 aliphatic heterocycles. The first-order valence-electron chi connectivity index (χ1n) is 13.7. The van der Waals surface area contributed by atoms with Gasteiger partial charge in [0, 0.05) is 72.8 Å². The molecule has 0 aromatic carbocycles. The first-order valence-corrected chi connectivity index (χ1v) is 13.7. The molecule has 196 valence electrons. The van der Waals surface area contributed by atoms with Gasteiger partial charge in [0.25, 0.3) is 0 Å². The van der Waals surface area contributed by atoms with Crippen LogP contribution in [0.5, 0.6) is 5.88 Å². The largest absolute Gasteiger partial charge is 0.474 e. The second kappa shape index (κ2) is 10.6. The number of ketones is 1. The topological polar surface area (TPSA) is 86.0 Å². The predicted molar refractivity (Wildman–Crippen MR) is 146 cm³/mol. The highest BCUT2D eigenvalue weighted by Gasteiger charge is 2.23.